The Bertz CT molecular complexity index is 717. The molecule has 0 saturated carbocycles. The molecule has 0 aliphatic carbocycles. The van der Waals surface area contributed by atoms with Gasteiger partial charge in [0.1, 0.15) is 5.01 Å². The number of ether oxygens (including phenoxy) is 1. The van der Waals surface area contributed by atoms with Gasteiger partial charge in [0.05, 0.1) is 6.61 Å². The number of methoxy groups -OCH3 is 1. The number of nitrogens with one attached hydrogen (secondary N) is 2. The number of hydrogen-bond acceptors (Lipinski definition) is 6. The van der Waals surface area contributed by atoms with Crippen LogP contribution in [0, 0.1) is 0 Å². The van der Waals surface area contributed by atoms with E-state index in [1.165, 1.54) is 11.3 Å². The quantitative estimate of drug-likeness (QED) is 0.802. The molecule has 0 spiro atoms. The van der Waals surface area contributed by atoms with Crippen molar-refractivity contribution in [2.24, 2.45) is 0 Å². The third-order valence-corrected chi connectivity index (χ3v) is 4.20. The molecule has 1 aromatic carbocycles. The van der Waals surface area contributed by atoms with Crippen LogP contribution in [0.2, 0.25) is 0 Å². The van der Waals surface area contributed by atoms with Gasteiger partial charge >= 0.3 is 0 Å². The highest BCUT2D eigenvalue weighted by molar-refractivity contribution is 7.13. The minimum absolute atomic E-state index is 0.0938. The third-order valence-electron chi connectivity index (χ3n) is 3.30. The third kappa shape index (κ3) is 4.84. The molecule has 1 atom stereocenters. The maximum atomic E-state index is 12.2. The van der Waals surface area contributed by atoms with Gasteiger partial charge in [-0.15, -0.1) is 10.2 Å². The molecular weight excluding hydrogens is 328 g/mol. The molecule has 0 aliphatic heterocycles. The average Bonchev–Trinajstić information content (AvgIpc) is 3.04. The second kappa shape index (κ2) is 8.51. The zero-order valence-corrected chi connectivity index (χ0v) is 14.6. The van der Waals surface area contributed by atoms with Gasteiger partial charge in [0.2, 0.25) is 5.01 Å². The van der Waals surface area contributed by atoms with E-state index in [9.17, 15) is 9.59 Å². The Morgan fingerprint density at radius 3 is 2.79 bits per heavy atom. The van der Waals surface area contributed by atoms with E-state index in [4.69, 9.17) is 4.74 Å². The van der Waals surface area contributed by atoms with Crippen molar-refractivity contribution in [2.45, 2.75) is 32.9 Å². The number of aromatic nitrogens is 2. The first-order chi connectivity index (χ1) is 11.5. The Kier molecular flexibility index (Phi) is 6.39. The fourth-order valence-electron chi connectivity index (χ4n) is 1.86. The van der Waals surface area contributed by atoms with E-state index >= 15 is 0 Å². The molecule has 2 rings (SSSR count). The molecule has 24 heavy (non-hydrogen) atoms. The van der Waals surface area contributed by atoms with Crippen molar-refractivity contribution < 1.29 is 14.3 Å². The van der Waals surface area contributed by atoms with Gasteiger partial charge in [-0.1, -0.05) is 24.3 Å². The predicted molar refractivity (Wildman–Crippen MR) is 92.2 cm³/mol. The van der Waals surface area contributed by atoms with Crippen molar-refractivity contribution in [2.75, 3.05) is 12.4 Å². The van der Waals surface area contributed by atoms with E-state index in [2.05, 4.69) is 20.8 Å². The fraction of sp³-hybridized carbons (Fsp3) is 0.375. The molecule has 2 amide bonds. The molecule has 0 fully saturated rings. The summed E-state index contributed by atoms with van der Waals surface area (Å²) in [6, 6.07) is 6.87. The van der Waals surface area contributed by atoms with Crippen molar-refractivity contribution in [1.82, 2.24) is 15.5 Å². The lowest BCUT2D eigenvalue weighted by molar-refractivity contribution is 0.0938. The summed E-state index contributed by atoms with van der Waals surface area (Å²) < 4.78 is 4.95. The molecule has 1 aromatic heterocycles. The average molecular weight is 348 g/mol. The topological polar surface area (TPSA) is 93.2 Å². The molecule has 0 radical (unpaired) electrons. The molecule has 0 aliphatic rings. The Balaban J connectivity index is 2.05. The van der Waals surface area contributed by atoms with E-state index in [0.717, 1.165) is 6.42 Å². The molecule has 2 N–H and O–H groups in total. The number of rotatable bonds is 7. The highest BCUT2D eigenvalue weighted by Crippen LogP contribution is 2.15. The fourth-order valence-corrected chi connectivity index (χ4v) is 2.57. The van der Waals surface area contributed by atoms with Crippen LogP contribution in [0.5, 0.6) is 0 Å². The second-order valence-electron chi connectivity index (χ2n) is 5.25. The van der Waals surface area contributed by atoms with Crippen LogP contribution < -0.4 is 10.6 Å². The van der Waals surface area contributed by atoms with Crippen LogP contribution in [-0.4, -0.2) is 35.2 Å². The van der Waals surface area contributed by atoms with Gasteiger partial charge in [-0.25, -0.2) is 0 Å². The van der Waals surface area contributed by atoms with Gasteiger partial charge in [0.25, 0.3) is 11.8 Å². The molecule has 1 unspecified atom stereocenters. The Labute approximate surface area is 144 Å². The van der Waals surface area contributed by atoms with E-state index in [1.54, 1.807) is 31.4 Å². The molecule has 0 bridgehead atoms. The van der Waals surface area contributed by atoms with Gasteiger partial charge < -0.3 is 15.4 Å². The lowest BCUT2D eigenvalue weighted by Gasteiger charge is -2.12. The summed E-state index contributed by atoms with van der Waals surface area (Å²) in [6.07, 6.45) is 0.850. The SMILES string of the molecule is CCC(C)NC(=O)c1cccc(NC(=O)c2nnc(COC)s2)c1. The standard InChI is InChI=1S/C16H20N4O3S/c1-4-10(2)17-14(21)11-6-5-7-12(8-11)18-15(22)16-20-19-13(24-16)9-23-3/h5-8,10H,4,9H2,1-3H3,(H,17,21)(H,18,22). The second-order valence-corrected chi connectivity index (χ2v) is 6.31. The smallest absolute Gasteiger partial charge is 0.286 e. The predicted octanol–water partition coefficient (Wildman–Crippen LogP) is 2.47. The maximum absolute atomic E-state index is 12.2. The van der Waals surface area contributed by atoms with Crippen LogP contribution in [0.15, 0.2) is 24.3 Å². The minimum atomic E-state index is -0.366. The molecule has 8 heteroatoms. The largest absolute Gasteiger partial charge is 0.377 e. The maximum Gasteiger partial charge on any atom is 0.286 e. The summed E-state index contributed by atoms with van der Waals surface area (Å²) in [4.78, 5) is 24.3. The summed E-state index contributed by atoms with van der Waals surface area (Å²) in [5, 5.41) is 14.2. The van der Waals surface area contributed by atoms with E-state index in [-0.39, 0.29) is 22.9 Å². The molecule has 0 saturated heterocycles. The summed E-state index contributed by atoms with van der Waals surface area (Å²) in [5.41, 5.74) is 1.02. The number of benzene rings is 1. The van der Waals surface area contributed by atoms with Crippen LogP contribution >= 0.6 is 11.3 Å². The Hall–Kier alpha value is -2.32. The highest BCUT2D eigenvalue weighted by atomic mass is 32.1. The number of nitrogens with zero attached hydrogens (tertiary/aromatic N) is 2. The lowest BCUT2D eigenvalue weighted by atomic mass is 10.1. The Morgan fingerprint density at radius 1 is 1.29 bits per heavy atom. The van der Waals surface area contributed by atoms with Crippen LogP contribution in [0.4, 0.5) is 5.69 Å². The van der Waals surface area contributed by atoms with E-state index < -0.39 is 0 Å². The minimum Gasteiger partial charge on any atom is -0.377 e. The van der Waals surface area contributed by atoms with Gasteiger partial charge in [-0.05, 0) is 31.5 Å². The first-order valence-electron chi connectivity index (χ1n) is 7.57. The highest BCUT2D eigenvalue weighted by Gasteiger charge is 2.14. The summed E-state index contributed by atoms with van der Waals surface area (Å²) in [5.74, 6) is -0.534. The van der Waals surface area contributed by atoms with Crippen molar-refractivity contribution in [3.63, 3.8) is 0 Å². The molecule has 1 heterocycles. The van der Waals surface area contributed by atoms with Crippen molar-refractivity contribution in [3.05, 3.63) is 39.8 Å². The number of carbonyl (C=O) groups is 2. The van der Waals surface area contributed by atoms with Crippen molar-refractivity contribution in [1.29, 1.82) is 0 Å². The first kappa shape index (κ1) is 18.0. The van der Waals surface area contributed by atoms with Gasteiger partial charge in [0.15, 0.2) is 0 Å². The number of amides is 2. The Morgan fingerprint density at radius 2 is 2.08 bits per heavy atom. The lowest BCUT2D eigenvalue weighted by Crippen LogP contribution is -2.31. The van der Waals surface area contributed by atoms with Gasteiger partial charge in [-0.3, -0.25) is 9.59 Å². The van der Waals surface area contributed by atoms with E-state index in [1.807, 2.05) is 13.8 Å². The number of anilines is 1. The normalized spacial score (nSPS) is 11.8. The van der Waals surface area contributed by atoms with Crippen LogP contribution in [0.25, 0.3) is 0 Å². The molecule has 128 valence electrons. The van der Waals surface area contributed by atoms with Crippen molar-refractivity contribution >= 4 is 28.8 Å². The van der Waals surface area contributed by atoms with E-state index in [0.29, 0.717) is 22.9 Å². The zero-order chi connectivity index (χ0) is 17.5. The summed E-state index contributed by atoms with van der Waals surface area (Å²) >= 11 is 1.17. The molecular formula is C16H20N4O3S. The van der Waals surface area contributed by atoms with Crippen LogP contribution in [-0.2, 0) is 11.3 Å². The first-order valence-corrected chi connectivity index (χ1v) is 8.38. The summed E-state index contributed by atoms with van der Waals surface area (Å²) in [6.45, 7) is 4.26. The summed E-state index contributed by atoms with van der Waals surface area (Å²) in [7, 11) is 1.55. The van der Waals surface area contributed by atoms with Crippen LogP contribution in [0.3, 0.4) is 0 Å². The molecule has 7 nitrogen and oxygen atoms in total. The number of carbonyl (C=O) groups excluding carboxylic acids is 2. The van der Waals surface area contributed by atoms with Gasteiger partial charge in [0, 0.05) is 24.4 Å². The zero-order valence-electron chi connectivity index (χ0n) is 13.8. The molecule has 2 aromatic rings. The van der Waals surface area contributed by atoms with Crippen molar-refractivity contribution in [3.8, 4) is 0 Å². The van der Waals surface area contributed by atoms with Gasteiger partial charge in [-0.2, -0.15) is 0 Å². The monoisotopic (exact) mass is 348 g/mol. The van der Waals surface area contributed by atoms with Crippen LogP contribution in [0.1, 0.15) is 45.4 Å². The number of hydrogen-bond donors (Lipinski definition) is 2.